The molecule has 0 saturated heterocycles. The van der Waals surface area contributed by atoms with Crippen LogP contribution in [0.25, 0.3) is 12.2 Å². The van der Waals surface area contributed by atoms with E-state index in [0.717, 1.165) is 11.3 Å². The number of H-pyrrole nitrogens is 1. The lowest BCUT2D eigenvalue weighted by Gasteiger charge is -2.06. The molecule has 0 amide bonds. The lowest BCUT2D eigenvalue weighted by Crippen LogP contribution is -2.20. The number of aromatic amines is 1. The van der Waals surface area contributed by atoms with Gasteiger partial charge in [-0.25, -0.2) is 0 Å². The number of nitrogens with one attached hydrogen (secondary N) is 1. The smallest absolute Gasteiger partial charge is 0.266 e. The van der Waals surface area contributed by atoms with Gasteiger partial charge in [-0.1, -0.05) is 0 Å². The Hall–Kier alpha value is -2.58. The standard InChI is InChI=1S/C17H12BrNO5S/c1-23-13-6-9(5-10(18)16(13)21)7-14-17(22)19-15(25-14)8-11(20)12-3-2-4-24-12/h2-8,21H,1H3,(H,19,22)/b14-7-,15-8-. The molecule has 0 fully saturated rings. The van der Waals surface area contributed by atoms with Gasteiger partial charge in [0.2, 0.25) is 5.78 Å². The summed E-state index contributed by atoms with van der Waals surface area (Å²) in [7, 11) is 1.44. The number of halogens is 1. The number of phenolic OH excluding ortho intramolecular Hbond substituents is 1. The van der Waals surface area contributed by atoms with Gasteiger partial charge in [0.05, 0.1) is 27.0 Å². The molecule has 25 heavy (non-hydrogen) atoms. The second-order valence-electron chi connectivity index (χ2n) is 4.97. The van der Waals surface area contributed by atoms with Crippen LogP contribution >= 0.6 is 27.3 Å². The van der Waals surface area contributed by atoms with Crippen molar-refractivity contribution >= 4 is 45.2 Å². The number of carbonyl (C=O) groups is 1. The number of hydrogen-bond acceptors (Lipinski definition) is 6. The van der Waals surface area contributed by atoms with Crippen LogP contribution in [0.15, 0.2) is 44.2 Å². The molecule has 1 aromatic carbocycles. The summed E-state index contributed by atoms with van der Waals surface area (Å²) in [5.74, 6) is 0.140. The number of benzene rings is 1. The van der Waals surface area contributed by atoms with E-state index >= 15 is 0 Å². The first-order valence-corrected chi connectivity index (χ1v) is 8.66. The van der Waals surface area contributed by atoms with E-state index < -0.39 is 0 Å². The van der Waals surface area contributed by atoms with E-state index in [1.807, 2.05) is 0 Å². The highest BCUT2D eigenvalue weighted by Crippen LogP contribution is 2.35. The molecule has 128 valence electrons. The molecular weight excluding hydrogens is 410 g/mol. The zero-order valence-electron chi connectivity index (χ0n) is 12.9. The van der Waals surface area contributed by atoms with E-state index in [1.165, 1.54) is 19.4 Å². The van der Waals surface area contributed by atoms with Crippen molar-refractivity contribution in [2.75, 3.05) is 7.11 Å². The van der Waals surface area contributed by atoms with Crippen molar-refractivity contribution in [1.29, 1.82) is 0 Å². The van der Waals surface area contributed by atoms with E-state index in [0.29, 0.717) is 19.2 Å². The summed E-state index contributed by atoms with van der Waals surface area (Å²) >= 11 is 4.38. The lowest BCUT2D eigenvalue weighted by atomic mass is 10.2. The van der Waals surface area contributed by atoms with E-state index in [1.54, 1.807) is 30.3 Å². The normalized spacial score (nSPS) is 12.6. The molecule has 0 aliphatic rings. The van der Waals surface area contributed by atoms with Gasteiger partial charge in [-0.05, 0) is 51.8 Å². The molecule has 0 saturated carbocycles. The zero-order valence-corrected chi connectivity index (χ0v) is 15.3. The molecule has 0 bridgehead atoms. The Bertz CT molecular complexity index is 1100. The van der Waals surface area contributed by atoms with Crippen molar-refractivity contribution in [1.82, 2.24) is 4.98 Å². The number of methoxy groups -OCH3 is 1. The average Bonchev–Trinajstić information content (AvgIpc) is 3.21. The number of Topliss-reactive ketones (excluding diaryl/α,β-unsaturated/α-hetero) is 1. The van der Waals surface area contributed by atoms with Crippen molar-refractivity contribution in [2.45, 2.75) is 0 Å². The van der Waals surface area contributed by atoms with E-state index in [9.17, 15) is 14.7 Å². The van der Waals surface area contributed by atoms with E-state index in [-0.39, 0.29) is 28.6 Å². The SMILES string of the molecule is COc1cc(/C=c2\s/c(=C\C(=O)c3ccco3)[nH]c2=O)cc(Br)c1O. The molecule has 0 unspecified atom stereocenters. The number of aromatic hydroxyl groups is 1. The van der Waals surface area contributed by atoms with Crippen LogP contribution in [-0.2, 0) is 0 Å². The molecule has 0 atom stereocenters. The number of hydrogen-bond donors (Lipinski definition) is 2. The summed E-state index contributed by atoms with van der Waals surface area (Å²) in [6.07, 6.45) is 4.37. The number of ether oxygens (including phenoxy) is 1. The molecule has 0 aliphatic heterocycles. The Morgan fingerprint density at radius 1 is 1.44 bits per heavy atom. The van der Waals surface area contributed by atoms with Crippen LogP contribution in [0.5, 0.6) is 11.5 Å². The summed E-state index contributed by atoms with van der Waals surface area (Å²) in [5, 5.41) is 9.83. The number of furan rings is 1. The van der Waals surface area contributed by atoms with Crippen LogP contribution in [-0.4, -0.2) is 23.0 Å². The van der Waals surface area contributed by atoms with Gasteiger partial charge >= 0.3 is 0 Å². The molecule has 3 rings (SSSR count). The Morgan fingerprint density at radius 3 is 2.92 bits per heavy atom. The van der Waals surface area contributed by atoms with Crippen molar-refractivity contribution in [2.24, 2.45) is 0 Å². The fraction of sp³-hybridized carbons (Fsp3) is 0.0588. The number of ketones is 1. The number of carbonyl (C=O) groups excluding carboxylic acids is 1. The van der Waals surface area contributed by atoms with Crippen LogP contribution in [0.2, 0.25) is 0 Å². The van der Waals surface area contributed by atoms with Gasteiger partial charge in [-0.15, -0.1) is 11.3 Å². The van der Waals surface area contributed by atoms with E-state index in [4.69, 9.17) is 9.15 Å². The molecule has 2 N–H and O–H groups in total. The highest BCUT2D eigenvalue weighted by atomic mass is 79.9. The maximum atomic E-state index is 12.1. The Kier molecular flexibility index (Phi) is 4.91. The van der Waals surface area contributed by atoms with E-state index in [2.05, 4.69) is 20.9 Å². The second-order valence-corrected chi connectivity index (χ2v) is 6.91. The van der Waals surface area contributed by atoms with Crippen molar-refractivity contribution in [3.8, 4) is 11.5 Å². The summed E-state index contributed by atoms with van der Waals surface area (Å²) in [6, 6.07) is 6.44. The monoisotopic (exact) mass is 421 g/mol. The van der Waals surface area contributed by atoms with Crippen molar-refractivity contribution < 1.29 is 19.1 Å². The fourth-order valence-electron chi connectivity index (χ4n) is 2.12. The van der Waals surface area contributed by atoms with Gasteiger partial charge in [-0.2, -0.15) is 0 Å². The quantitative estimate of drug-likeness (QED) is 0.628. The Labute approximate surface area is 153 Å². The molecular formula is C17H12BrNO5S. The first-order valence-electron chi connectivity index (χ1n) is 7.05. The summed E-state index contributed by atoms with van der Waals surface area (Å²) < 4.78 is 11.4. The molecule has 0 radical (unpaired) electrons. The maximum Gasteiger partial charge on any atom is 0.266 e. The minimum absolute atomic E-state index is 0.0159. The Morgan fingerprint density at radius 2 is 2.24 bits per heavy atom. The number of aromatic nitrogens is 1. The third-order valence-corrected chi connectivity index (χ3v) is 4.84. The average molecular weight is 422 g/mol. The zero-order chi connectivity index (χ0) is 18.0. The molecule has 3 aromatic rings. The second kappa shape index (κ2) is 7.12. The van der Waals surface area contributed by atoms with Gasteiger partial charge in [0.15, 0.2) is 17.3 Å². The molecule has 0 aliphatic carbocycles. The van der Waals surface area contributed by atoms with Gasteiger partial charge in [0.25, 0.3) is 5.56 Å². The minimum Gasteiger partial charge on any atom is -0.503 e. The molecule has 2 aromatic heterocycles. The van der Waals surface area contributed by atoms with Crippen LogP contribution in [0.1, 0.15) is 16.1 Å². The third kappa shape index (κ3) is 3.75. The van der Waals surface area contributed by atoms with Crippen LogP contribution in [0, 0.1) is 0 Å². The number of thiazole rings is 1. The predicted octanol–water partition coefficient (Wildman–Crippen LogP) is 2.00. The van der Waals surface area contributed by atoms with Crippen LogP contribution in [0.4, 0.5) is 0 Å². The summed E-state index contributed by atoms with van der Waals surface area (Å²) in [5.41, 5.74) is 0.351. The van der Waals surface area contributed by atoms with Gasteiger partial charge in [0, 0.05) is 6.08 Å². The molecule has 8 heteroatoms. The molecule has 2 heterocycles. The minimum atomic E-state index is -0.330. The number of phenols is 1. The number of rotatable bonds is 4. The van der Waals surface area contributed by atoms with Crippen molar-refractivity contribution in [3.05, 3.63) is 65.9 Å². The first kappa shape index (κ1) is 17.2. The fourth-order valence-corrected chi connectivity index (χ4v) is 3.46. The Balaban J connectivity index is 2.04. The summed E-state index contributed by atoms with van der Waals surface area (Å²) in [4.78, 5) is 26.7. The maximum absolute atomic E-state index is 12.1. The highest BCUT2D eigenvalue weighted by molar-refractivity contribution is 9.10. The highest BCUT2D eigenvalue weighted by Gasteiger charge is 2.08. The predicted molar refractivity (Wildman–Crippen MR) is 97.6 cm³/mol. The largest absolute Gasteiger partial charge is 0.503 e. The van der Waals surface area contributed by atoms with Gasteiger partial charge in [0.1, 0.15) is 0 Å². The van der Waals surface area contributed by atoms with Crippen molar-refractivity contribution in [3.63, 3.8) is 0 Å². The van der Waals surface area contributed by atoms with Crippen LogP contribution in [0.3, 0.4) is 0 Å². The molecule has 0 spiro atoms. The van der Waals surface area contributed by atoms with Gasteiger partial charge < -0.3 is 19.2 Å². The third-order valence-electron chi connectivity index (χ3n) is 3.28. The first-order chi connectivity index (χ1) is 12.0. The topological polar surface area (TPSA) is 92.5 Å². The van der Waals surface area contributed by atoms with Gasteiger partial charge in [-0.3, -0.25) is 9.59 Å². The van der Waals surface area contributed by atoms with Crippen LogP contribution < -0.4 is 19.5 Å². The lowest BCUT2D eigenvalue weighted by molar-refractivity contribution is 0.103. The summed E-state index contributed by atoms with van der Waals surface area (Å²) in [6.45, 7) is 0. The molecule has 6 nitrogen and oxygen atoms in total.